The Kier molecular flexibility index (Phi) is 4.03. The fourth-order valence-electron chi connectivity index (χ4n) is 1.43. The molecule has 1 heterocycles. The molecule has 0 fully saturated rings. The zero-order valence-corrected chi connectivity index (χ0v) is 11.3. The Hall–Kier alpha value is -1.76. The standard InChI is InChI=1S/C11H12BrN5O/c1-2-9(12)11(18)13-8-5-3-4-7(6-8)10-14-16-17-15-10/h3-6,9H,2H2,1H3,(H,13,18)(H,14,15,16,17). The van der Waals surface area contributed by atoms with Crippen LogP contribution in [0.25, 0.3) is 11.4 Å². The number of tetrazole rings is 1. The topological polar surface area (TPSA) is 83.6 Å². The SMILES string of the molecule is CCC(Br)C(=O)Nc1cccc(-c2nn[nH]n2)c1. The summed E-state index contributed by atoms with van der Waals surface area (Å²) in [5, 5.41) is 16.5. The van der Waals surface area contributed by atoms with Crippen LogP contribution in [0.2, 0.25) is 0 Å². The van der Waals surface area contributed by atoms with Crippen molar-refractivity contribution in [3.05, 3.63) is 24.3 Å². The minimum atomic E-state index is -0.189. The summed E-state index contributed by atoms with van der Waals surface area (Å²) in [5.74, 6) is 0.430. The number of H-pyrrole nitrogens is 1. The molecular weight excluding hydrogens is 298 g/mol. The van der Waals surface area contributed by atoms with E-state index >= 15 is 0 Å². The Morgan fingerprint density at radius 1 is 1.56 bits per heavy atom. The van der Waals surface area contributed by atoms with E-state index < -0.39 is 0 Å². The molecule has 0 aliphatic carbocycles. The van der Waals surface area contributed by atoms with Crippen LogP contribution >= 0.6 is 15.9 Å². The molecule has 2 rings (SSSR count). The van der Waals surface area contributed by atoms with Gasteiger partial charge in [-0.1, -0.05) is 35.0 Å². The van der Waals surface area contributed by atoms with E-state index in [1.54, 1.807) is 6.07 Å². The molecule has 1 aromatic heterocycles. The highest BCUT2D eigenvalue weighted by molar-refractivity contribution is 9.10. The van der Waals surface area contributed by atoms with Crippen molar-refractivity contribution in [2.75, 3.05) is 5.32 Å². The molecule has 0 saturated heterocycles. The van der Waals surface area contributed by atoms with Crippen molar-refractivity contribution < 1.29 is 4.79 Å². The van der Waals surface area contributed by atoms with Gasteiger partial charge in [-0.15, -0.1) is 10.2 Å². The number of alkyl halides is 1. The van der Waals surface area contributed by atoms with Crippen LogP contribution < -0.4 is 5.32 Å². The zero-order valence-electron chi connectivity index (χ0n) is 9.72. The molecule has 0 bridgehead atoms. The first-order valence-corrected chi connectivity index (χ1v) is 6.41. The smallest absolute Gasteiger partial charge is 0.238 e. The van der Waals surface area contributed by atoms with Gasteiger partial charge in [0.2, 0.25) is 11.7 Å². The lowest BCUT2D eigenvalue weighted by Crippen LogP contribution is -2.21. The number of carbonyl (C=O) groups is 1. The highest BCUT2D eigenvalue weighted by Crippen LogP contribution is 2.19. The molecule has 94 valence electrons. The average molecular weight is 310 g/mol. The fourth-order valence-corrected chi connectivity index (χ4v) is 1.54. The first-order chi connectivity index (χ1) is 8.70. The maximum atomic E-state index is 11.7. The van der Waals surface area contributed by atoms with E-state index in [1.165, 1.54) is 0 Å². The number of hydrogen-bond donors (Lipinski definition) is 2. The number of amides is 1. The number of nitrogens with one attached hydrogen (secondary N) is 2. The molecule has 0 aliphatic rings. The van der Waals surface area contributed by atoms with E-state index in [4.69, 9.17) is 0 Å². The highest BCUT2D eigenvalue weighted by Gasteiger charge is 2.12. The van der Waals surface area contributed by atoms with E-state index in [0.717, 1.165) is 12.0 Å². The number of anilines is 1. The number of benzene rings is 1. The van der Waals surface area contributed by atoms with Gasteiger partial charge in [0.15, 0.2) is 0 Å². The van der Waals surface area contributed by atoms with Crippen molar-refractivity contribution >= 4 is 27.5 Å². The lowest BCUT2D eigenvalue weighted by Gasteiger charge is -2.09. The molecule has 2 N–H and O–H groups in total. The minimum Gasteiger partial charge on any atom is -0.325 e. The first kappa shape index (κ1) is 12.7. The zero-order chi connectivity index (χ0) is 13.0. The molecule has 1 aromatic carbocycles. The molecule has 0 radical (unpaired) electrons. The van der Waals surface area contributed by atoms with Gasteiger partial charge in [0.25, 0.3) is 0 Å². The number of nitrogens with zero attached hydrogens (tertiary/aromatic N) is 3. The molecule has 7 heteroatoms. The summed E-state index contributed by atoms with van der Waals surface area (Å²) < 4.78 is 0. The third-order valence-electron chi connectivity index (χ3n) is 2.38. The Balaban J connectivity index is 2.16. The Morgan fingerprint density at radius 2 is 2.39 bits per heavy atom. The van der Waals surface area contributed by atoms with Gasteiger partial charge in [0, 0.05) is 11.3 Å². The largest absolute Gasteiger partial charge is 0.325 e. The molecule has 2 aromatic rings. The fraction of sp³-hybridized carbons (Fsp3) is 0.273. The van der Waals surface area contributed by atoms with Crippen LogP contribution in [0.1, 0.15) is 13.3 Å². The van der Waals surface area contributed by atoms with Gasteiger partial charge in [0.1, 0.15) is 0 Å². The number of rotatable bonds is 4. The molecule has 1 unspecified atom stereocenters. The number of hydrogen-bond acceptors (Lipinski definition) is 4. The molecular formula is C11H12BrN5O. The number of halogens is 1. The van der Waals surface area contributed by atoms with E-state index in [2.05, 4.69) is 41.9 Å². The van der Waals surface area contributed by atoms with Crippen molar-refractivity contribution in [3.63, 3.8) is 0 Å². The van der Waals surface area contributed by atoms with Crippen LogP contribution in [0.3, 0.4) is 0 Å². The average Bonchev–Trinajstić information content (AvgIpc) is 2.92. The van der Waals surface area contributed by atoms with E-state index in [1.807, 2.05) is 25.1 Å². The highest BCUT2D eigenvalue weighted by atomic mass is 79.9. The summed E-state index contributed by atoms with van der Waals surface area (Å²) in [7, 11) is 0. The summed E-state index contributed by atoms with van der Waals surface area (Å²) in [6.07, 6.45) is 0.733. The van der Waals surface area contributed by atoms with Gasteiger partial charge < -0.3 is 5.32 Å². The third-order valence-corrected chi connectivity index (χ3v) is 3.44. The Labute approximate surface area is 112 Å². The molecule has 6 nitrogen and oxygen atoms in total. The number of aromatic amines is 1. The lowest BCUT2D eigenvalue weighted by atomic mass is 10.2. The molecule has 1 amide bonds. The second-order valence-electron chi connectivity index (χ2n) is 3.68. The van der Waals surface area contributed by atoms with Crippen LogP contribution in [0, 0.1) is 0 Å². The third kappa shape index (κ3) is 2.92. The number of carbonyl (C=O) groups excluding carboxylic acids is 1. The maximum Gasteiger partial charge on any atom is 0.238 e. The van der Waals surface area contributed by atoms with Gasteiger partial charge in [-0.3, -0.25) is 4.79 Å². The van der Waals surface area contributed by atoms with Gasteiger partial charge in [-0.2, -0.15) is 5.21 Å². The van der Waals surface area contributed by atoms with Crippen molar-refractivity contribution in [2.24, 2.45) is 0 Å². The predicted molar refractivity (Wildman–Crippen MR) is 71.2 cm³/mol. The van der Waals surface area contributed by atoms with Gasteiger partial charge >= 0.3 is 0 Å². The van der Waals surface area contributed by atoms with E-state index in [0.29, 0.717) is 11.5 Å². The predicted octanol–water partition coefficient (Wildman–Crippen LogP) is 1.98. The Morgan fingerprint density at radius 3 is 3.06 bits per heavy atom. The lowest BCUT2D eigenvalue weighted by molar-refractivity contribution is -0.115. The summed E-state index contributed by atoms with van der Waals surface area (Å²) in [5.41, 5.74) is 1.50. The van der Waals surface area contributed by atoms with Crippen molar-refractivity contribution in [1.82, 2.24) is 20.6 Å². The summed E-state index contributed by atoms with van der Waals surface area (Å²) in [6, 6.07) is 7.30. The normalized spacial score (nSPS) is 12.1. The van der Waals surface area contributed by atoms with E-state index in [9.17, 15) is 4.79 Å². The van der Waals surface area contributed by atoms with E-state index in [-0.39, 0.29) is 10.7 Å². The van der Waals surface area contributed by atoms with Crippen molar-refractivity contribution in [1.29, 1.82) is 0 Å². The summed E-state index contributed by atoms with van der Waals surface area (Å²) in [4.78, 5) is 11.5. The maximum absolute atomic E-state index is 11.7. The summed E-state index contributed by atoms with van der Waals surface area (Å²) >= 11 is 3.31. The van der Waals surface area contributed by atoms with Crippen LogP contribution in [-0.2, 0) is 4.79 Å². The molecule has 1 atom stereocenters. The Bertz CT molecular complexity index is 528. The summed E-state index contributed by atoms with van der Waals surface area (Å²) in [6.45, 7) is 1.94. The van der Waals surface area contributed by atoms with Crippen LogP contribution in [-0.4, -0.2) is 31.4 Å². The quantitative estimate of drug-likeness (QED) is 0.846. The van der Waals surface area contributed by atoms with Crippen LogP contribution in [0.15, 0.2) is 24.3 Å². The van der Waals surface area contributed by atoms with Crippen molar-refractivity contribution in [3.8, 4) is 11.4 Å². The monoisotopic (exact) mass is 309 g/mol. The van der Waals surface area contributed by atoms with Gasteiger partial charge in [0.05, 0.1) is 4.83 Å². The van der Waals surface area contributed by atoms with Gasteiger partial charge in [-0.05, 0) is 23.8 Å². The molecule has 0 aliphatic heterocycles. The first-order valence-electron chi connectivity index (χ1n) is 5.49. The second kappa shape index (κ2) is 5.72. The molecule has 0 saturated carbocycles. The number of aromatic nitrogens is 4. The van der Waals surface area contributed by atoms with Crippen LogP contribution in [0.4, 0.5) is 5.69 Å². The van der Waals surface area contributed by atoms with Gasteiger partial charge in [-0.25, -0.2) is 0 Å². The molecule has 18 heavy (non-hydrogen) atoms. The molecule has 0 spiro atoms. The van der Waals surface area contributed by atoms with Crippen molar-refractivity contribution in [2.45, 2.75) is 18.2 Å². The second-order valence-corrected chi connectivity index (χ2v) is 4.79. The minimum absolute atomic E-state index is 0.0669. The van der Waals surface area contributed by atoms with Crippen LogP contribution in [0.5, 0.6) is 0 Å².